The van der Waals surface area contributed by atoms with Crippen LogP contribution in [0.1, 0.15) is 36.0 Å². The van der Waals surface area contributed by atoms with Gasteiger partial charge in [-0.2, -0.15) is 0 Å². The van der Waals surface area contributed by atoms with Gasteiger partial charge in [-0.1, -0.05) is 0 Å². The van der Waals surface area contributed by atoms with Crippen LogP contribution in [0.5, 0.6) is 11.5 Å². The van der Waals surface area contributed by atoms with Crippen molar-refractivity contribution in [2.45, 2.75) is 31.7 Å². The molecule has 1 saturated carbocycles. The molecular formula is C16H21NO3. The van der Waals surface area contributed by atoms with E-state index in [0.29, 0.717) is 23.1 Å². The summed E-state index contributed by atoms with van der Waals surface area (Å²) in [6, 6.07) is 5.83. The van der Waals surface area contributed by atoms with E-state index in [0.717, 1.165) is 25.3 Å². The quantitative estimate of drug-likeness (QED) is 0.848. The van der Waals surface area contributed by atoms with Crippen LogP contribution < -0.4 is 9.47 Å². The van der Waals surface area contributed by atoms with Gasteiger partial charge in [-0.25, -0.2) is 0 Å². The first-order valence-electron chi connectivity index (χ1n) is 7.27. The molecular weight excluding hydrogens is 254 g/mol. The fourth-order valence-electron chi connectivity index (χ4n) is 3.11. The van der Waals surface area contributed by atoms with Crippen LogP contribution in [-0.2, 0) is 0 Å². The third kappa shape index (κ3) is 2.47. The number of carbonyl (C=O) groups is 1. The van der Waals surface area contributed by atoms with Gasteiger partial charge < -0.3 is 14.4 Å². The van der Waals surface area contributed by atoms with Gasteiger partial charge in [0.05, 0.1) is 14.2 Å². The molecule has 0 spiro atoms. The molecule has 1 aliphatic heterocycles. The molecule has 1 heterocycles. The Morgan fingerprint density at radius 1 is 1.10 bits per heavy atom. The van der Waals surface area contributed by atoms with E-state index in [9.17, 15) is 4.79 Å². The van der Waals surface area contributed by atoms with Gasteiger partial charge in [-0.05, 0) is 43.7 Å². The Labute approximate surface area is 119 Å². The van der Waals surface area contributed by atoms with Crippen molar-refractivity contribution < 1.29 is 14.3 Å². The average molecular weight is 275 g/mol. The van der Waals surface area contributed by atoms with E-state index in [2.05, 4.69) is 0 Å². The Morgan fingerprint density at radius 2 is 1.75 bits per heavy atom. The smallest absolute Gasteiger partial charge is 0.254 e. The average Bonchev–Trinajstić information content (AvgIpc) is 3.23. The van der Waals surface area contributed by atoms with Gasteiger partial charge in [-0.15, -0.1) is 0 Å². The molecule has 108 valence electrons. The Hall–Kier alpha value is -1.71. The highest BCUT2D eigenvalue weighted by Gasteiger charge is 2.40. The molecule has 2 aliphatic rings. The summed E-state index contributed by atoms with van der Waals surface area (Å²) in [6.07, 6.45) is 4.82. The van der Waals surface area contributed by atoms with Crippen LogP contribution in [-0.4, -0.2) is 37.6 Å². The summed E-state index contributed by atoms with van der Waals surface area (Å²) in [5.41, 5.74) is 0.661. The maximum atomic E-state index is 12.7. The number of nitrogens with zero attached hydrogens (tertiary/aromatic N) is 1. The number of amides is 1. The molecule has 1 unspecified atom stereocenters. The molecule has 0 radical (unpaired) electrons. The maximum absolute atomic E-state index is 12.7. The number of hydrogen-bond donors (Lipinski definition) is 0. The van der Waals surface area contributed by atoms with E-state index >= 15 is 0 Å². The van der Waals surface area contributed by atoms with Gasteiger partial charge in [0.1, 0.15) is 11.5 Å². The van der Waals surface area contributed by atoms with Crippen LogP contribution in [0.25, 0.3) is 0 Å². The molecule has 1 saturated heterocycles. The predicted molar refractivity (Wildman–Crippen MR) is 76.3 cm³/mol. The van der Waals surface area contributed by atoms with Gasteiger partial charge in [0.25, 0.3) is 5.91 Å². The molecule has 0 bridgehead atoms. The highest BCUT2D eigenvalue weighted by molar-refractivity contribution is 5.95. The van der Waals surface area contributed by atoms with Gasteiger partial charge in [0.2, 0.25) is 0 Å². The number of likely N-dealkylation sites (tertiary alicyclic amines) is 1. The minimum atomic E-state index is 0.108. The molecule has 4 nitrogen and oxygen atoms in total. The van der Waals surface area contributed by atoms with Crippen molar-refractivity contribution in [3.05, 3.63) is 23.8 Å². The van der Waals surface area contributed by atoms with Crippen molar-refractivity contribution in [2.75, 3.05) is 20.8 Å². The molecule has 0 N–H and O–H groups in total. The summed E-state index contributed by atoms with van der Waals surface area (Å²) < 4.78 is 10.5. The standard InChI is InChI=1S/C16H21NO3/c1-19-13-8-12(9-14(10-13)20-2)16(18)17-7-3-4-15(17)11-5-6-11/h8-11,15H,3-7H2,1-2H3. The second-order valence-electron chi connectivity index (χ2n) is 5.65. The number of ether oxygens (including phenoxy) is 2. The molecule has 4 heteroatoms. The van der Waals surface area contributed by atoms with E-state index in [4.69, 9.17) is 9.47 Å². The van der Waals surface area contributed by atoms with Crippen molar-refractivity contribution in [1.82, 2.24) is 4.90 Å². The summed E-state index contributed by atoms with van der Waals surface area (Å²) in [4.78, 5) is 14.8. The lowest BCUT2D eigenvalue weighted by atomic mass is 10.1. The molecule has 1 aromatic rings. The Morgan fingerprint density at radius 3 is 2.30 bits per heavy atom. The summed E-state index contributed by atoms with van der Waals surface area (Å²) in [5, 5.41) is 0. The molecule has 1 atom stereocenters. The summed E-state index contributed by atoms with van der Waals surface area (Å²) in [7, 11) is 3.21. The largest absolute Gasteiger partial charge is 0.497 e. The minimum absolute atomic E-state index is 0.108. The monoisotopic (exact) mass is 275 g/mol. The second-order valence-corrected chi connectivity index (χ2v) is 5.65. The Bertz CT molecular complexity index is 488. The van der Waals surface area contributed by atoms with Crippen molar-refractivity contribution in [1.29, 1.82) is 0 Å². The van der Waals surface area contributed by atoms with E-state index in [-0.39, 0.29) is 5.91 Å². The minimum Gasteiger partial charge on any atom is -0.497 e. The van der Waals surface area contributed by atoms with Crippen molar-refractivity contribution >= 4 is 5.91 Å². The summed E-state index contributed by atoms with van der Waals surface area (Å²) >= 11 is 0. The SMILES string of the molecule is COc1cc(OC)cc(C(=O)N2CCCC2C2CC2)c1. The topological polar surface area (TPSA) is 38.8 Å². The number of benzene rings is 1. The third-order valence-corrected chi connectivity index (χ3v) is 4.32. The lowest BCUT2D eigenvalue weighted by molar-refractivity contribution is 0.0720. The van der Waals surface area contributed by atoms with Crippen LogP contribution in [0, 0.1) is 5.92 Å². The second kappa shape index (κ2) is 5.35. The Kier molecular flexibility index (Phi) is 3.55. The van der Waals surface area contributed by atoms with Crippen LogP contribution in [0.15, 0.2) is 18.2 Å². The first-order chi connectivity index (χ1) is 9.72. The van der Waals surface area contributed by atoms with E-state index in [1.807, 2.05) is 4.90 Å². The highest BCUT2D eigenvalue weighted by atomic mass is 16.5. The lowest BCUT2D eigenvalue weighted by Gasteiger charge is -2.25. The summed E-state index contributed by atoms with van der Waals surface area (Å²) in [6.45, 7) is 0.875. The zero-order valence-corrected chi connectivity index (χ0v) is 12.1. The van der Waals surface area contributed by atoms with E-state index in [1.54, 1.807) is 32.4 Å². The molecule has 1 amide bonds. The van der Waals surface area contributed by atoms with Crippen LogP contribution >= 0.6 is 0 Å². The van der Waals surface area contributed by atoms with E-state index in [1.165, 1.54) is 12.8 Å². The zero-order valence-electron chi connectivity index (χ0n) is 12.1. The first kappa shape index (κ1) is 13.3. The fourth-order valence-corrected chi connectivity index (χ4v) is 3.11. The normalized spacial score (nSPS) is 21.9. The van der Waals surface area contributed by atoms with E-state index < -0.39 is 0 Å². The molecule has 20 heavy (non-hydrogen) atoms. The van der Waals surface area contributed by atoms with Crippen molar-refractivity contribution in [3.63, 3.8) is 0 Å². The number of carbonyl (C=O) groups excluding carboxylic acids is 1. The van der Waals surface area contributed by atoms with Gasteiger partial charge >= 0.3 is 0 Å². The van der Waals surface area contributed by atoms with Crippen LogP contribution in [0.3, 0.4) is 0 Å². The summed E-state index contributed by atoms with van der Waals surface area (Å²) in [5.74, 6) is 2.16. The fraction of sp³-hybridized carbons (Fsp3) is 0.562. The first-order valence-corrected chi connectivity index (χ1v) is 7.27. The van der Waals surface area contributed by atoms with Crippen molar-refractivity contribution in [3.8, 4) is 11.5 Å². The van der Waals surface area contributed by atoms with Crippen LogP contribution in [0.4, 0.5) is 0 Å². The van der Waals surface area contributed by atoms with Gasteiger partial charge in [0, 0.05) is 24.2 Å². The number of rotatable bonds is 4. The maximum Gasteiger partial charge on any atom is 0.254 e. The van der Waals surface area contributed by atoms with Gasteiger partial charge in [0.15, 0.2) is 0 Å². The molecule has 1 aromatic carbocycles. The van der Waals surface area contributed by atoms with Gasteiger partial charge in [-0.3, -0.25) is 4.79 Å². The highest BCUT2D eigenvalue weighted by Crippen LogP contribution is 2.40. The molecule has 1 aliphatic carbocycles. The molecule has 2 fully saturated rings. The lowest BCUT2D eigenvalue weighted by Crippen LogP contribution is -2.36. The molecule has 0 aromatic heterocycles. The molecule has 3 rings (SSSR count). The number of methoxy groups -OCH3 is 2. The zero-order chi connectivity index (χ0) is 14.1. The third-order valence-electron chi connectivity index (χ3n) is 4.32. The predicted octanol–water partition coefficient (Wildman–Crippen LogP) is 2.72. The van der Waals surface area contributed by atoms with Crippen LogP contribution in [0.2, 0.25) is 0 Å². The Balaban J connectivity index is 1.85. The van der Waals surface area contributed by atoms with Crippen molar-refractivity contribution in [2.24, 2.45) is 5.92 Å². The number of hydrogen-bond acceptors (Lipinski definition) is 3.